The summed E-state index contributed by atoms with van der Waals surface area (Å²) < 4.78 is 8.69. The van der Waals surface area contributed by atoms with Crippen molar-refractivity contribution >= 4 is 28.7 Å². The van der Waals surface area contributed by atoms with Gasteiger partial charge in [-0.3, -0.25) is 10.1 Å². The quantitative estimate of drug-likeness (QED) is 0.793. The van der Waals surface area contributed by atoms with E-state index < -0.39 is 24.0 Å². The Balaban J connectivity index is 2.06. The molecule has 0 aromatic carbocycles. The SMILES string of the molecule is CCN(C(=O)Nc1nnns1)C1COCC1C(=O)O. The van der Waals surface area contributed by atoms with E-state index in [1.165, 1.54) is 4.90 Å². The molecule has 0 bridgehead atoms. The molecule has 0 spiro atoms. The van der Waals surface area contributed by atoms with Crippen LogP contribution in [0.1, 0.15) is 6.92 Å². The summed E-state index contributed by atoms with van der Waals surface area (Å²) in [5.41, 5.74) is 0. The highest BCUT2D eigenvalue weighted by molar-refractivity contribution is 7.09. The van der Waals surface area contributed by atoms with Crippen LogP contribution in [0.15, 0.2) is 0 Å². The fourth-order valence-corrected chi connectivity index (χ4v) is 2.32. The number of aromatic nitrogens is 3. The average Bonchev–Trinajstić information content (AvgIpc) is 3.00. The Hall–Kier alpha value is -1.81. The van der Waals surface area contributed by atoms with Crippen LogP contribution in [0.3, 0.4) is 0 Å². The van der Waals surface area contributed by atoms with Crippen LogP contribution in [0.2, 0.25) is 0 Å². The van der Waals surface area contributed by atoms with Crippen molar-refractivity contribution in [2.75, 3.05) is 25.1 Å². The number of aliphatic carboxylic acids is 1. The normalized spacial score (nSPS) is 22.2. The van der Waals surface area contributed by atoms with E-state index >= 15 is 0 Å². The van der Waals surface area contributed by atoms with E-state index in [0.717, 1.165) is 11.5 Å². The second-order valence-electron chi connectivity index (χ2n) is 3.93. The van der Waals surface area contributed by atoms with Crippen LogP contribution in [0.25, 0.3) is 0 Å². The molecule has 1 saturated heterocycles. The number of nitrogens with zero attached hydrogens (tertiary/aromatic N) is 4. The number of hydrogen-bond acceptors (Lipinski definition) is 7. The lowest BCUT2D eigenvalue weighted by molar-refractivity contribution is -0.142. The molecule has 2 atom stereocenters. The number of likely N-dealkylation sites (N-methyl/N-ethyl adjacent to an activating group) is 1. The van der Waals surface area contributed by atoms with Gasteiger partial charge in [0.05, 0.1) is 19.3 Å². The average molecular weight is 287 g/mol. The highest BCUT2D eigenvalue weighted by Gasteiger charge is 2.39. The fraction of sp³-hybridized carbons (Fsp3) is 0.667. The van der Waals surface area contributed by atoms with Crippen LogP contribution in [0.5, 0.6) is 0 Å². The highest BCUT2D eigenvalue weighted by Crippen LogP contribution is 2.21. The van der Waals surface area contributed by atoms with Crippen molar-refractivity contribution < 1.29 is 19.4 Å². The van der Waals surface area contributed by atoms with Gasteiger partial charge in [-0.2, -0.15) is 0 Å². The van der Waals surface area contributed by atoms with Gasteiger partial charge >= 0.3 is 12.0 Å². The predicted octanol–water partition coefficient (Wildman–Crippen LogP) is -0.114. The zero-order valence-electron chi connectivity index (χ0n) is 10.1. The molecule has 1 aliphatic heterocycles. The van der Waals surface area contributed by atoms with Gasteiger partial charge in [0.2, 0.25) is 5.13 Å². The Morgan fingerprint density at radius 1 is 1.58 bits per heavy atom. The molecule has 1 aliphatic rings. The van der Waals surface area contributed by atoms with Crippen molar-refractivity contribution in [3.63, 3.8) is 0 Å². The zero-order valence-corrected chi connectivity index (χ0v) is 11.0. The van der Waals surface area contributed by atoms with Crippen LogP contribution in [-0.4, -0.2) is 62.6 Å². The molecule has 2 amide bonds. The van der Waals surface area contributed by atoms with E-state index in [1.54, 1.807) is 6.92 Å². The number of ether oxygens (including phenoxy) is 1. The minimum absolute atomic E-state index is 0.115. The highest BCUT2D eigenvalue weighted by atomic mass is 32.1. The van der Waals surface area contributed by atoms with E-state index in [1.807, 2.05) is 0 Å². The predicted molar refractivity (Wildman–Crippen MR) is 64.8 cm³/mol. The third-order valence-electron chi connectivity index (χ3n) is 2.88. The number of urea groups is 1. The van der Waals surface area contributed by atoms with Crippen LogP contribution >= 0.6 is 11.5 Å². The summed E-state index contributed by atoms with van der Waals surface area (Å²) in [7, 11) is 0. The molecule has 104 valence electrons. The van der Waals surface area contributed by atoms with Crippen molar-refractivity contribution in [3.8, 4) is 0 Å². The lowest BCUT2D eigenvalue weighted by Crippen LogP contribution is -2.48. The summed E-state index contributed by atoms with van der Waals surface area (Å²) in [4.78, 5) is 24.6. The first-order valence-corrected chi connectivity index (χ1v) is 6.44. The molecule has 10 heteroatoms. The van der Waals surface area contributed by atoms with Gasteiger partial charge < -0.3 is 14.7 Å². The minimum atomic E-state index is -0.966. The van der Waals surface area contributed by atoms with Gasteiger partial charge in [0.15, 0.2) is 0 Å². The molecule has 2 rings (SSSR count). The Labute approximate surface area is 112 Å². The maximum atomic E-state index is 12.1. The summed E-state index contributed by atoms with van der Waals surface area (Å²) in [5, 5.41) is 18.9. The molecule has 0 saturated carbocycles. The Morgan fingerprint density at radius 3 is 2.95 bits per heavy atom. The smallest absolute Gasteiger partial charge is 0.324 e. The Kier molecular flexibility index (Phi) is 4.22. The van der Waals surface area contributed by atoms with E-state index in [4.69, 9.17) is 9.84 Å². The molecular formula is C9H13N5O4S. The number of hydrogen-bond donors (Lipinski definition) is 2. The van der Waals surface area contributed by atoms with Gasteiger partial charge in [-0.15, -0.1) is 0 Å². The lowest BCUT2D eigenvalue weighted by Gasteiger charge is -2.28. The van der Waals surface area contributed by atoms with Crippen LogP contribution in [-0.2, 0) is 9.53 Å². The minimum Gasteiger partial charge on any atom is -0.481 e. The molecule has 0 aliphatic carbocycles. The topological polar surface area (TPSA) is 118 Å². The van der Waals surface area contributed by atoms with E-state index in [0.29, 0.717) is 6.54 Å². The van der Waals surface area contributed by atoms with E-state index in [9.17, 15) is 9.59 Å². The first-order chi connectivity index (χ1) is 9.13. The summed E-state index contributed by atoms with van der Waals surface area (Å²) in [6.45, 7) is 2.47. The molecule has 0 radical (unpaired) electrons. The van der Waals surface area contributed by atoms with Crippen molar-refractivity contribution in [2.45, 2.75) is 13.0 Å². The molecule has 2 unspecified atom stereocenters. The summed E-state index contributed by atoms with van der Waals surface area (Å²) in [6, 6.07) is -0.911. The van der Waals surface area contributed by atoms with Crippen LogP contribution in [0.4, 0.5) is 9.93 Å². The second-order valence-corrected chi connectivity index (χ2v) is 4.67. The van der Waals surface area contributed by atoms with Gasteiger partial charge in [-0.05, 0) is 12.1 Å². The van der Waals surface area contributed by atoms with E-state index in [-0.39, 0.29) is 18.3 Å². The molecule has 9 nitrogen and oxygen atoms in total. The standard InChI is InChI=1S/C9H13N5O4S/c1-2-14(6-4-18-3-5(6)7(15)16)9(17)10-8-11-12-13-19-8/h5-6H,2-4H2,1H3,(H,15,16)(H,10,11,13,17). The third-order valence-corrected chi connectivity index (χ3v) is 3.39. The van der Waals surface area contributed by atoms with Crippen molar-refractivity contribution in [2.24, 2.45) is 5.92 Å². The number of anilines is 1. The maximum Gasteiger partial charge on any atom is 0.324 e. The van der Waals surface area contributed by atoms with Crippen LogP contribution < -0.4 is 5.32 Å². The van der Waals surface area contributed by atoms with Gasteiger partial charge in [0.25, 0.3) is 0 Å². The number of carbonyl (C=O) groups excluding carboxylic acids is 1. The van der Waals surface area contributed by atoms with E-state index in [2.05, 4.69) is 20.1 Å². The molecule has 1 aromatic rings. The summed E-state index contributed by atoms with van der Waals surface area (Å²) in [5.74, 6) is -1.68. The largest absolute Gasteiger partial charge is 0.481 e. The van der Waals surface area contributed by atoms with Crippen molar-refractivity contribution in [1.82, 2.24) is 19.7 Å². The van der Waals surface area contributed by atoms with Gasteiger partial charge in [0.1, 0.15) is 5.92 Å². The number of amides is 2. The van der Waals surface area contributed by atoms with Gasteiger partial charge in [-0.25, -0.2) is 4.79 Å². The monoisotopic (exact) mass is 287 g/mol. The molecular weight excluding hydrogens is 274 g/mol. The fourth-order valence-electron chi connectivity index (χ4n) is 1.96. The zero-order chi connectivity index (χ0) is 13.8. The molecule has 1 aromatic heterocycles. The summed E-state index contributed by atoms with van der Waals surface area (Å²) in [6.07, 6.45) is 0. The Bertz CT molecular complexity index is 453. The molecule has 2 heterocycles. The molecule has 1 fully saturated rings. The maximum absolute atomic E-state index is 12.1. The third kappa shape index (κ3) is 2.96. The lowest BCUT2D eigenvalue weighted by atomic mass is 10.0. The molecule has 2 N–H and O–H groups in total. The Morgan fingerprint density at radius 2 is 2.37 bits per heavy atom. The first-order valence-electron chi connectivity index (χ1n) is 5.66. The number of carboxylic acid groups (broad SMARTS) is 1. The molecule has 19 heavy (non-hydrogen) atoms. The number of carboxylic acids is 1. The number of nitrogens with one attached hydrogen (secondary N) is 1. The van der Waals surface area contributed by atoms with Gasteiger partial charge in [-0.1, -0.05) is 9.59 Å². The van der Waals surface area contributed by atoms with Crippen molar-refractivity contribution in [1.29, 1.82) is 0 Å². The summed E-state index contributed by atoms with van der Waals surface area (Å²) >= 11 is 0.950. The number of rotatable bonds is 4. The second kappa shape index (κ2) is 5.89. The van der Waals surface area contributed by atoms with Crippen molar-refractivity contribution in [3.05, 3.63) is 0 Å². The number of carbonyl (C=O) groups is 2. The first kappa shape index (κ1) is 13.6. The van der Waals surface area contributed by atoms with Gasteiger partial charge in [0, 0.05) is 18.1 Å². The van der Waals surface area contributed by atoms with Crippen LogP contribution in [0, 0.1) is 5.92 Å².